The van der Waals surface area contributed by atoms with E-state index < -0.39 is 5.54 Å². The summed E-state index contributed by atoms with van der Waals surface area (Å²) in [5.41, 5.74) is -0.478. The normalized spacial score (nSPS) is 12.5. The van der Waals surface area contributed by atoms with Crippen molar-refractivity contribution in [3.05, 3.63) is 12.2 Å². The number of likely N-dealkylation sites (N-methyl/N-ethyl adjacent to an activating group) is 1. The molecular weight excluding hydrogens is 216 g/mol. The fourth-order valence-electron chi connectivity index (χ4n) is 1.44. The molecule has 0 atom stereocenters. The Morgan fingerprint density at radius 2 is 2.06 bits per heavy atom. The smallest absolute Gasteiger partial charge is 0.160 e. The number of carbonyl (C=O) groups is 1. The highest BCUT2D eigenvalue weighted by Crippen LogP contribution is 2.15. The van der Waals surface area contributed by atoms with E-state index in [0.29, 0.717) is 6.42 Å². The Bertz CT molecular complexity index is 393. The molecule has 5 nitrogen and oxygen atoms in total. The number of nitrogens with zero attached hydrogens (tertiary/aromatic N) is 4. The van der Waals surface area contributed by atoms with Crippen molar-refractivity contribution in [3.63, 3.8) is 0 Å². The third kappa shape index (κ3) is 2.91. The first-order chi connectivity index (χ1) is 7.76. The summed E-state index contributed by atoms with van der Waals surface area (Å²) in [6, 6.07) is 0.225. The second-order valence-corrected chi connectivity index (χ2v) is 5.27. The van der Waals surface area contributed by atoms with E-state index in [2.05, 4.69) is 10.1 Å². The van der Waals surface area contributed by atoms with E-state index in [4.69, 9.17) is 0 Å². The minimum absolute atomic E-state index is 0.150. The highest BCUT2D eigenvalue weighted by Gasteiger charge is 2.30. The fraction of sp³-hybridized carbons (Fsp3) is 0.750. The van der Waals surface area contributed by atoms with E-state index in [-0.39, 0.29) is 11.8 Å². The molecule has 0 amide bonds. The molecule has 0 unspecified atom stereocenters. The van der Waals surface area contributed by atoms with Gasteiger partial charge in [0.25, 0.3) is 0 Å². The maximum atomic E-state index is 12.2. The molecule has 1 heterocycles. The fourth-order valence-corrected chi connectivity index (χ4v) is 1.44. The molecule has 1 aromatic rings. The number of Topliss-reactive ketones (excluding diaryl/α,β-unsaturated/α-hetero) is 1. The topological polar surface area (TPSA) is 51.0 Å². The Morgan fingerprint density at radius 3 is 2.53 bits per heavy atom. The summed E-state index contributed by atoms with van der Waals surface area (Å²) in [6.07, 6.45) is 1.83. The Labute approximate surface area is 103 Å². The van der Waals surface area contributed by atoms with Crippen molar-refractivity contribution in [2.24, 2.45) is 0 Å². The van der Waals surface area contributed by atoms with E-state index in [9.17, 15) is 4.79 Å². The first-order valence-corrected chi connectivity index (χ1v) is 5.86. The molecule has 0 saturated carbocycles. The van der Waals surface area contributed by atoms with Crippen LogP contribution in [-0.2, 0) is 11.2 Å². The van der Waals surface area contributed by atoms with Crippen molar-refractivity contribution in [1.29, 1.82) is 0 Å². The summed E-state index contributed by atoms with van der Waals surface area (Å²) < 4.78 is 1.80. The van der Waals surface area contributed by atoms with Gasteiger partial charge in [-0.1, -0.05) is 0 Å². The van der Waals surface area contributed by atoms with Gasteiger partial charge in [-0.2, -0.15) is 5.10 Å². The van der Waals surface area contributed by atoms with Crippen molar-refractivity contribution >= 4 is 5.78 Å². The predicted octanol–water partition coefficient (Wildman–Crippen LogP) is 1.31. The van der Waals surface area contributed by atoms with Crippen molar-refractivity contribution < 1.29 is 4.79 Å². The van der Waals surface area contributed by atoms with Crippen molar-refractivity contribution in [1.82, 2.24) is 19.7 Å². The van der Waals surface area contributed by atoms with Crippen LogP contribution < -0.4 is 0 Å². The van der Waals surface area contributed by atoms with E-state index in [1.54, 1.807) is 4.68 Å². The van der Waals surface area contributed by atoms with Crippen LogP contribution >= 0.6 is 0 Å². The number of rotatable bonds is 5. The van der Waals surface area contributed by atoms with E-state index in [1.807, 2.05) is 46.7 Å². The van der Waals surface area contributed by atoms with Gasteiger partial charge in [-0.05, 0) is 41.8 Å². The number of hydrogen-bond acceptors (Lipinski definition) is 4. The molecule has 0 aliphatic heterocycles. The zero-order valence-electron chi connectivity index (χ0n) is 11.6. The van der Waals surface area contributed by atoms with Gasteiger partial charge in [0.05, 0.1) is 12.0 Å². The molecule has 0 bridgehead atoms. The Balaban J connectivity index is 2.85. The molecule has 1 aromatic heterocycles. The summed E-state index contributed by atoms with van der Waals surface area (Å²) >= 11 is 0. The summed E-state index contributed by atoms with van der Waals surface area (Å²) in [5, 5.41) is 4.14. The van der Waals surface area contributed by atoms with Crippen LogP contribution in [0.1, 0.15) is 39.6 Å². The Hall–Kier alpha value is -1.23. The molecule has 0 saturated heterocycles. The van der Waals surface area contributed by atoms with Gasteiger partial charge >= 0.3 is 0 Å². The van der Waals surface area contributed by atoms with Gasteiger partial charge < -0.3 is 0 Å². The third-order valence-corrected chi connectivity index (χ3v) is 3.26. The lowest BCUT2D eigenvalue weighted by molar-refractivity contribution is -0.127. The number of hydrogen-bond donors (Lipinski definition) is 0. The van der Waals surface area contributed by atoms with Gasteiger partial charge in [-0.25, -0.2) is 9.67 Å². The van der Waals surface area contributed by atoms with Gasteiger partial charge in [0.15, 0.2) is 5.78 Å². The standard InChI is InChI=1S/C12H22N4O/c1-9(2)16-11(13-8-14-16)7-10(17)12(3,4)15(5)6/h8-9H,7H2,1-6H3. The third-order valence-electron chi connectivity index (χ3n) is 3.26. The van der Waals surface area contributed by atoms with Gasteiger partial charge in [0.1, 0.15) is 12.2 Å². The SMILES string of the molecule is CC(C)n1ncnc1CC(=O)C(C)(C)N(C)C. The monoisotopic (exact) mass is 238 g/mol. The van der Waals surface area contributed by atoms with Gasteiger partial charge in [0, 0.05) is 6.04 Å². The largest absolute Gasteiger partial charge is 0.298 e. The molecule has 0 spiro atoms. The highest BCUT2D eigenvalue weighted by atomic mass is 16.1. The lowest BCUT2D eigenvalue weighted by atomic mass is 9.95. The summed E-state index contributed by atoms with van der Waals surface area (Å²) in [6.45, 7) is 7.90. The molecule has 0 aliphatic carbocycles. The van der Waals surface area contributed by atoms with Crippen LogP contribution in [0.15, 0.2) is 6.33 Å². The maximum absolute atomic E-state index is 12.2. The van der Waals surface area contributed by atoms with Gasteiger partial charge in [-0.15, -0.1) is 0 Å². The first-order valence-electron chi connectivity index (χ1n) is 5.86. The first kappa shape index (κ1) is 13.8. The summed E-state index contributed by atoms with van der Waals surface area (Å²) in [7, 11) is 3.82. The van der Waals surface area contributed by atoms with Gasteiger partial charge in [-0.3, -0.25) is 9.69 Å². The second-order valence-electron chi connectivity index (χ2n) is 5.27. The van der Waals surface area contributed by atoms with Crippen molar-refractivity contribution in [3.8, 4) is 0 Å². The summed E-state index contributed by atoms with van der Waals surface area (Å²) in [5.74, 6) is 0.886. The van der Waals surface area contributed by atoms with Crippen molar-refractivity contribution in [2.45, 2.75) is 45.7 Å². The number of aromatic nitrogens is 3. The average Bonchev–Trinajstić information content (AvgIpc) is 2.65. The van der Waals surface area contributed by atoms with Crippen LogP contribution in [0.4, 0.5) is 0 Å². The van der Waals surface area contributed by atoms with E-state index >= 15 is 0 Å². The van der Waals surface area contributed by atoms with Crippen LogP contribution in [-0.4, -0.2) is 45.1 Å². The van der Waals surface area contributed by atoms with E-state index in [0.717, 1.165) is 5.82 Å². The zero-order chi connectivity index (χ0) is 13.2. The molecule has 5 heteroatoms. The van der Waals surface area contributed by atoms with E-state index in [1.165, 1.54) is 6.33 Å². The van der Waals surface area contributed by atoms with Crippen LogP contribution in [0.25, 0.3) is 0 Å². The molecule has 1 rings (SSSR count). The van der Waals surface area contributed by atoms with Crippen molar-refractivity contribution in [2.75, 3.05) is 14.1 Å². The Morgan fingerprint density at radius 1 is 1.47 bits per heavy atom. The van der Waals surface area contributed by atoms with Crippen LogP contribution in [0, 0.1) is 0 Å². The average molecular weight is 238 g/mol. The summed E-state index contributed by atoms with van der Waals surface area (Å²) in [4.78, 5) is 18.3. The Kier molecular flexibility index (Phi) is 4.03. The molecule has 0 fully saturated rings. The molecule has 0 radical (unpaired) electrons. The lowest BCUT2D eigenvalue weighted by Gasteiger charge is -2.30. The molecule has 17 heavy (non-hydrogen) atoms. The van der Waals surface area contributed by atoms with Crippen LogP contribution in [0.5, 0.6) is 0 Å². The molecule has 0 N–H and O–H groups in total. The molecule has 0 aliphatic rings. The number of carbonyl (C=O) groups excluding carboxylic acids is 1. The van der Waals surface area contributed by atoms with Crippen LogP contribution in [0.3, 0.4) is 0 Å². The molecule has 96 valence electrons. The number of ketones is 1. The highest BCUT2D eigenvalue weighted by molar-refractivity contribution is 5.88. The minimum atomic E-state index is -0.478. The quantitative estimate of drug-likeness (QED) is 0.776. The zero-order valence-corrected chi connectivity index (χ0v) is 11.6. The second kappa shape index (κ2) is 4.96. The maximum Gasteiger partial charge on any atom is 0.160 e. The molecular formula is C12H22N4O. The predicted molar refractivity (Wildman–Crippen MR) is 66.9 cm³/mol. The van der Waals surface area contributed by atoms with Gasteiger partial charge in [0.2, 0.25) is 0 Å². The van der Waals surface area contributed by atoms with Crippen LogP contribution in [0.2, 0.25) is 0 Å². The molecule has 0 aromatic carbocycles. The lowest BCUT2D eigenvalue weighted by Crippen LogP contribution is -2.46. The minimum Gasteiger partial charge on any atom is -0.298 e.